The van der Waals surface area contributed by atoms with Gasteiger partial charge in [0.1, 0.15) is 5.75 Å². The zero-order valence-electron chi connectivity index (χ0n) is 13.3. The third-order valence-corrected chi connectivity index (χ3v) is 4.61. The van der Waals surface area contributed by atoms with E-state index in [1.54, 1.807) is 6.92 Å². The van der Waals surface area contributed by atoms with Gasteiger partial charge in [-0.15, -0.1) is 0 Å². The number of hydrogen-bond donors (Lipinski definition) is 2. The summed E-state index contributed by atoms with van der Waals surface area (Å²) in [4.78, 5) is 11.6. The van der Waals surface area contributed by atoms with Crippen LogP contribution in [0.4, 0.5) is 5.69 Å². The van der Waals surface area contributed by atoms with Crippen molar-refractivity contribution >= 4 is 21.6 Å². The third-order valence-electron chi connectivity index (χ3n) is 3.15. The van der Waals surface area contributed by atoms with Gasteiger partial charge in [-0.05, 0) is 24.6 Å². The summed E-state index contributed by atoms with van der Waals surface area (Å²) < 4.78 is 32.2. The van der Waals surface area contributed by atoms with Crippen molar-refractivity contribution < 1.29 is 17.9 Å². The number of sulfonamides is 1. The van der Waals surface area contributed by atoms with Crippen LogP contribution in [-0.4, -0.2) is 28.0 Å². The fraction of sp³-hybridized carbons (Fsp3) is 0.533. The van der Waals surface area contributed by atoms with Gasteiger partial charge in [0.15, 0.2) is 0 Å². The van der Waals surface area contributed by atoms with Crippen molar-refractivity contribution in [1.29, 1.82) is 0 Å². The highest BCUT2D eigenvalue weighted by Crippen LogP contribution is 2.27. The zero-order valence-corrected chi connectivity index (χ0v) is 14.1. The lowest BCUT2D eigenvalue weighted by Crippen LogP contribution is -2.25. The van der Waals surface area contributed by atoms with E-state index in [4.69, 9.17) is 4.74 Å². The third kappa shape index (κ3) is 5.31. The molecule has 0 fully saturated rings. The molecule has 0 aliphatic rings. The Labute approximate surface area is 132 Å². The number of methoxy groups -OCH3 is 1. The van der Waals surface area contributed by atoms with Crippen molar-refractivity contribution in [2.75, 3.05) is 19.0 Å². The monoisotopic (exact) mass is 328 g/mol. The normalized spacial score (nSPS) is 11.2. The SMILES string of the molecule is CCCCCNS(=O)(=O)c1ccc(OC)c(NC(=O)CC)c1. The van der Waals surface area contributed by atoms with Crippen molar-refractivity contribution in [2.45, 2.75) is 44.4 Å². The quantitative estimate of drug-likeness (QED) is 0.682. The average molecular weight is 328 g/mol. The van der Waals surface area contributed by atoms with E-state index in [1.807, 2.05) is 0 Å². The second-order valence-electron chi connectivity index (χ2n) is 4.87. The number of anilines is 1. The van der Waals surface area contributed by atoms with Crippen LogP contribution in [-0.2, 0) is 14.8 Å². The van der Waals surface area contributed by atoms with Gasteiger partial charge >= 0.3 is 0 Å². The summed E-state index contributed by atoms with van der Waals surface area (Å²) in [7, 11) is -2.12. The molecule has 1 aromatic rings. The fourth-order valence-electron chi connectivity index (χ4n) is 1.86. The molecule has 2 N–H and O–H groups in total. The first-order valence-corrected chi connectivity index (χ1v) is 8.90. The maximum atomic E-state index is 12.2. The highest BCUT2D eigenvalue weighted by Gasteiger charge is 2.16. The fourth-order valence-corrected chi connectivity index (χ4v) is 2.96. The van der Waals surface area contributed by atoms with Crippen molar-refractivity contribution in [1.82, 2.24) is 4.72 Å². The Bertz CT molecular complexity index is 600. The first-order chi connectivity index (χ1) is 10.4. The minimum Gasteiger partial charge on any atom is -0.495 e. The molecule has 0 aliphatic heterocycles. The van der Waals surface area contributed by atoms with E-state index < -0.39 is 10.0 Å². The summed E-state index contributed by atoms with van der Waals surface area (Å²) in [6.45, 7) is 4.18. The highest BCUT2D eigenvalue weighted by molar-refractivity contribution is 7.89. The maximum absolute atomic E-state index is 12.2. The molecule has 22 heavy (non-hydrogen) atoms. The van der Waals surface area contributed by atoms with E-state index in [1.165, 1.54) is 25.3 Å². The van der Waals surface area contributed by atoms with Gasteiger partial charge in [0, 0.05) is 13.0 Å². The molecule has 0 atom stereocenters. The van der Waals surface area contributed by atoms with Crippen LogP contribution in [0.25, 0.3) is 0 Å². The van der Waals surface area contributed by atoms with Crippen LogP contribution < -0.4 is 14.8 Å². The molecule has 1 aromatic carbocycles. The second kappa shape index (κ2) is 8.75. The number of benzene rings is 1. The van der Waals surface area contributed by atoms with E-state index in [0.29, 0.717) is 24.4 Å². The van der Waals surface area contributed by atoms with Crippen LogP contribution in [0.3, 0.4) is 0 Å². The van der Waals surface area contributed by atoms with Crippen LogP contribution in [0, 0.1) is 0 Å². The minimum atomic E-state index is -3.59. The molecule has 124 valence electrons. The summed E-state index contributed by atoms with van der Waals surface area (Å²) in [6, 6.07) is 4.41. The highest BCUT2D eigenvalue weighted by atomic mass is 32.2. The standard InChI is InChI=1S/C15H24N2O4S/c1-4-6-7-10-16-22(19,20)12-8-9-14(21-3)13(11-12)17-15(18)5-2/h8-9,11,16H,4-7,10H2,1-3H3,(H,17,18). The first-order valence-electron chi connectivity index (χ1n) is 7.42. The Morgan fingerprint density at radius 1 is 1.23 bits per heavy atom. The lowest BCUT2D eigenvalue weighted by atomic mass is 10.3. The Morgan fingerprint density at radius 3 is 2.55 bits per heavy atom. The predicted molar refractivity (Wildman–Crippen MR) is 86.6 cm³/mol. The number of carbonyl (C=O) groups excluding carboxylic acids is 1. The number of ether oxygens (including phenoxy) is 1. The molecule has 0 saturated carbocycles. The first kappa shape index (κ1) is 18.4. The molecule has 0 spiro atoms. The van der Waals surface area contributed by atoms with Crippen molar-refractivity contribution in [3.63, 3.8) is 0 Å². The van der Waals surface area contributed by atoms with Crippen LogP contribution in [0.2, 0.25) is 0 Å². The lowest BCUT2D eigenvalue weighted by Gasteiger charge is -2.12. The van der Waals surface area contributed by atoms with E-state index in [2.05, 4.69) is 17.0 Å². The van der Waals surface area contributed by atoms with Gasteiger partial charge in [-0.1, -0.05) is 26.7 Å². The Hall–Kier alpha value is -1.60. The summed E-state index contributed by atoms with van der Waals surface area (Å²) in [6.07, 6.45) is 3.10. The molecule has 1 rings (SSSR count). The van der Waals surface area contributed by atoms with Gasteiger partial charge in [0.25, 0.3) is 0 Å². The van der Waals surface area contributed by atoms with Crippen LogP contribution in [0.15, 0.2) is 23.1 Å². The van der Waals surface area contributed by atoms with E-state index in [-0.39, 0.29) is 10.8 Å². The summed E-state index contributed by atoms with van der Waals surface area (Å²) in [5.74, 6) is 0.218. The Morgan fingerprint density at radius 2 is 1.95 bits per heavy atom. The van der Waals surface area contributed by atoms with E-state index in [9.17, 15) is 13.2 Å². The molecule has 0 aliphatic carbocycles. The Kier molecular flexibility index (Phi) is 7.34. The molecule has 1 amide bonds. The largest absolute Gasteiger partial charge is 0.495 e. The van der Waals surface area contributed by atoms with Crippen LogP contribution in [0.1, 0.15) is 39.5 Å². The number of nitrogens with one attached hydrogen (secondary N) is 2. The smallest absolute Gasteiger partial charge is 0.240 e. The predicted octanol–water partition coefficient (Wildman–Crippen LogP) is 2.51. The number of rotatable bonds is 9. The van der Waals surface area contributed by atoms with Crippen molar-refractivity contribution in [3.8, 4) is 5.75 Å². The van der Waals surface area contributed by atoms with Crippen LogP contribution >= 0.6 is 0 Å². The summed E-state index contributed by atoms with van der Waals surface area (Å²) >= 11 is 0. The summed E-state index contributed by atoms with van der Waals surface area (Å²) in [5.41, 5.74) is 0.353. The molecule has 0 heterocycles. The summed E-state index contributed by atoms with van der Waals surface area (Å²) in [5, 5.41) is 2.64. The van der Waals surface area contributed by atoms with E-state index >= 15 is 0 Å². The van der Waals surface area contributed by atoms with Gasteiger partial charge in [0.05, 0.1) is 17.7 Å². The lowest BCUT2D eigenvalue weighted by molar-refractivity contribution is -0.115. The molecular formula is C15H24N2O4S. The van der Waals surface area contributed by atoms with Gasteiger partial charge in [-0.2, -0.15) is 0 Å². The van der Waals surface area contributed by atoms with Crippen molar-refractivity contribution in [3.05, 3.63) is 18.2 Å². The topological polar surface area (TPSA) is 84.5 Å². The maximum Gasteiger partial charge on any atom is 0.240 e. The van der Waals surface area contributed by atoms with Crippen molar-refractivity contribution in [2.24, 2.45) is 0 Å². The zero-order chi connectivity index (χ0) is 16.6. The molecule has 7 heteroatoms. The average Bonchev–Trinajstić information content (AvgIpc) is 2.51. The number of hydrogen-bond acceptors (Lipinski definition) is 4. The molecule has 0 radical (unpaired) electrons. The molecule has 0 saturated heterocycles. The Balaban J connectivity index is 2.94. The van der Waals surface area contributed by atoms with Gasteiger partial charge in [0.2, 0.25) is 15.9 Å². The number of unbranched alkanes of at least 4 members (excludes halogenated alkanes) is 2. The second-order valence-corrected chi connectivity index (χ2v) is 6.64. The van der Waals surface area contributed by atoms with Gasteiger partial charge < -0.3 is 10.1 Å². The molecule has 0 aromatic heterocycles. The number of amides is 1. The van der Waals surface area contributed by atoms with Gasteiger partial charge in [-0.3, -0.25) is 4.79 Å². The molecule has 0 unspecified atom stereocenters. The molecular weight excluding hydrogens is 304 g/mol. The minimum absolute atomic E-state index is 0.108. The molecule has 0 bridgehead atoms. The van der Waals surface area contributed by atoms with Crippen LogP contribution in [0.5, 0.6) is 5.75 Å². The van der Waals surface area contributed by atoms with E-state index in [0.717, 1.165) is 19.3 Å². The molecule has 6 nitrogen and oxygen atoms in total. The van der Waals surface area contributed by atoms with Gasteiger partial charge in [-0.25, -0.2) is 13.1 Å². The number of carbonyl (C=O) groups is 1.